The van der Waals surface area contributed by atoms with Crippen LogP contribution in [0.3, 0.4) is 0 Å². The van der Waals surface area contributed by atoms with Crippen LogP contribution >= 0.6 is 0 Å². The Morgan fingerprint density at radius 2 is 1.84 bits per heavy atom. The molecule has 43 heavy (non-hydrogen) atoms. The van der Waals surface area contributed by atoms with Crippen molar-refractivity contribution in [3.05, 3.63) is 58.8 Å². The van der Waals surface area contributed by atoms with Gasteiger partial charge in [-0.1, -0.05) is 38.6 Å². The fraction of sp³-hybridized carbons (Fsp3) is 0.676. The van der Waals surface area contributed by atoms with Crippen LogP contribution in [0.25, 0.3) is 10.9 Å². The van der Waals surface area contributed by atoms with E-state index in [2.05, 4.69) is 58.0 Å². The smallest absolute Gasteiger partial charge is 0.153 e. The maximum absolute atomic E-state index is 13.2. The predicted molar refractivity (Wildman–Crippen MR) is 163 cm³/mol. The summed E-state index contributed by atoms with van der Waals surface area (Å²) in [6, 6.07) is 4.63. The number of aliphatic hydroxyl groups is 2. The van der Waals surface area contributed by atoms with Gasteiger partial charge in [0.1, 0.15) is 23.9 Å². The zero-order valence-electron chi connectivity index (χ0n) is 26.1. The molecular weight excluding hydrogens is 538 g/mol. The van der Waals surface area contributed by atoms with Crippen LogP contribution in [-0.2, 0) is 26.0 Å². The average Bonchev–Trinajstić information content (AvgIpc) is 3.51. The van der Waals surface area contributed by atoms with E-state index < -0.39 is 34.9 Å². The first-order valence-electron chi connectivity index (χ1n) is 16.7. The Balaban J connectivity index is 1.19. The van der Waals surface area contributed by atoms with Gasteiger partial charge in [-0.05, 0) is 99.8 Å². The van der Waals surface area contributed by atoms with Crippen molar-refractivity contribution in [2.75, 3.05) is 0 Å². The molecule has 10 rings (SSSR count). The van der Waals surface area contributed by atoms with Gasteiger partial charge in [0.2, 0.25) is 0 Å². The molecule has 2 saturated heterocycles. The molecule has 13 atom stereocenters. The molecule has 5 aliphatic carbocycles. The Morgan fingerprint density at radius 3 is 2.60 bits per heavy atom. The molecule has 8 aliphatic rings. The molecule has 4 heterocycles. The van der Waals surface area contributed by atoms with Crippen molar-refractivity contribution in [1.82, 2.24) is 4.98 Å². The van der Waals surface area contributed by atoms with Crippen molar-refractivity contribution in [1.29, 1.82) is 0 Å². The molecule has 1 aromatic heterocycles. The summed E-state index contributed by atoms with van der Waals surface area (Å²) in [4.78, 5) is 4.00. The van der Waals surface area contributed by atoms with Crippen LogP contribution < -0.4 is 0 Å². The van der Waals surface area contributed by atoms with E-state index >= 15 is 0 Å². The number of benzene rings is 1. The summed E-state index contributed by atoms with van der Waals surface area (Å²) in [7, 11) is 0. The van der Waals surface area contributed by atoms with Gasteiger partial charge in [-0.3, -0.25) is 0 Å². The van der Waals surface area contributed by atoms with Crippen molar-refractivity contribution >= 4 is 10.9 Å². The van der Waals surface area contributed by atoms with E-state index in [9.17, 15) is 10.2 Å². The minimum Gasteiger partial charge on any atom is -0.387 e. The highest BCUT2D eigenvalue weighted by atomic mass is 16.7. The Hall–Kier alpha value is -1.96. The van der Waals surface area contributed by atoms with Crippen molar-refractivity contribution in [2.45, 2.75) is 132 Å². The summed E-state index contributed by atoms with van der Waals surface area (Å²) < 4.78 is 20.5. The van der Waals surface area contributed by atoms with E-state index in [4.69, 9.17) is 14.2 Å². The highest BCUT2D eigenvalue weighted by molar-refractivity contribution is 5.92. The number of H-pyrrole nitrogens is 1. The fourth-order valence-electron chi connectivity index (χ4n) is 12.7. The summed E-state index contributed by atoms with van der Waals surface area (Å²) in [5.41, 5.74) is 5.78. The normalized spacial score (nSPS) is 52.6. The monoisotopic (exact) mass is 583 g/mol. The first-order valence-corrected chi connectivity index (χ1v) is 16.7. The number of ether oxygens (including phenoxy) is 3. The molecule has 0 bridgehead atoms. The SMILES string of the molecule is C=C1Cc2ccc3[nH]c4c5c3c2[C@H]2[C@@H]1C[C@@H]2C(C)(C)O[C@H]5[C@@H]1CC[C@@]2(O)[C@]35O[C@H]3[C@@H](O)[C@H](C(=C)C)O[C@@H]5CC[C@@]2(C)[C@]41C. The molecule has 2 aromatic rings. The molecular formula is C37H45NO5. The first-order chi connectivity index (χ1) is 20.3. The topological polar surface area (TPSA) is 87.2 Å². The quantitative estimate of drug-likeness (QED) is 0.287. The lowest BCUT2D eigenvalue weighted by Gasteiger charge is -2.66. The van der Waals surface area contributed by atoms with Crippen molar-refractivity contribution in [3.8, 4) is 0 Å². The first kappa shape index (κ1) is 26.3. The minimum absolute atomic E-state index is 0.0334. The Bertz CT molecular complexity index is 1690. The lowest BCUT2D eigenvalue weighted by Crippen LogP contribution is -2.76. The van der Waals surface area contributed by atoms with Gasteiger partial charge < -0.3 is 29.4 Å². The summed E-state index contributed by atoms with van der Waals surface area (Å²) in [6.07, 6.45) is 3.15. The van der Waals surface area contributed by atoms with Crippen molar-refractivity contribution in [3.63, 3.8) is 0 Å². The molecule has 1 spiro atoms. The fourth-order valence-corrected chi connectivity index (χ4v) is 12.7. The second-order valence-corrected chi connectivity index (χ2v) is 16.7. The van der Waals surface area contributed by atoms with Gasteiger partial charge in [0.05, 0.1) is 17.8 Å². The number of aliphatic hydroxyl groups excluding tert-OH is 1. The molecule has 6 nitrogen and oxygen atoms in total. The van der Waals surface area contributed by atoms with Gasteiger partial charge >= 0.3 is 0 Å². The van der Waals surface area contributed by atoms with Crippen LogP contribution in [0, 0.1) is 23.2 Å². The third-order valence-electron chi connectivity index (χ3n) is 15.0. The number of hydrogen-bond donors (Lipinski definition) is 3. The van der Waals surface area contributed by atoms with E-state index in [1.807, 2.05) is 6.92 Å². The lowest BCUT2D eigenvalue weighted by atomic mass is 9.40. The number of aromatic nitrogens is 1. The number of hydrogen-bond acceptors (Lipinski definition) is 5. The maximum Gasteiger partial charge on any atom is 0.153 e. The van der Waals surface area contributed by atoms with E-state index in [1.54, 1.807) is 5.56 Å². The second kappa shape index (κ2) is 7.36. The van der Waals surface area contributed by atoms with Crippen LogP contribution in [-0.4, -0.2) is 56.4 Å². The maximum atomic E-state index is 13.2. The van der Waals surface area contributed by atoms with Crippen LogP contribution in [0.15, 0.2) is 36.4 Å². The van der Waals surface area contributed by atoms with Crippen molar-refractivity contribution < 1.29 is 24.4 Å². The highest BCUT2D eigenvalue weighted by Crippen LogP contribution is 2.77. The van der Waals surface area contributed by atoms with Gasteiger partial charge in [0.15, 0.2) is 5.60 Å². The summed E-state index contributed by atoms with van der Waals surface area (Å²) >= 11 is 0. The molecule has 5 fully saturated rings. The summed E-state index contributed by atoms with van der Waals surface area (Å²) in [5, 5.41) is 26.0. The largest absolute Gasteiger partial charge is 0.387 e. The third kappa shape index (κ3) is 2.51. The molecule has 3 aliphatic heterocycles. The van der Waals surface area contributed by atoms with Crippen LogP contribution in [0.4, 0.5) is 0 Å². The molecule has 6 heteroatoms. The number of nitrogens with one attached hydrogen (secondary N) is 1. The molecule has 0 unspecified atom stereocenters. The lowest BCUT2D eigenvalue weighted by molar-refractivity contribution is -0.274. The van der Waals surface area contributed by atoms with Gasteiger partial charge in [0, 0.05) is 38.9 Å². The zero-order valence-corrected chi connectivity index (χ0v) is 26.1. The third-order valence-corrected chi connectivity index (χ3v) is 15.0. The number of fused-ring (bicyclic) bond motifs is 5. The Kier molecular flexibility index (Phi) is 4.50. The van der Waals surface area contributed by atoms with Crippen molar-refractivity contribution in [2.24, 2.45) is 23.2 Å². The van der Waals surface area contributed by atoms with Crippen LogP contribution in [0.5, 0.6) is 0 Å². The Labute approximate surface area is 253 Å². The van der Waals surface area contributed by atoms with Gasteiger partial charge in [-0.15, -0.1) is 0 Å². The molecule has 3 saturated carbocycles. The Morgan fingerprint density at radius 1 is 1.05 bits per heavy atom. The average molecular weight is 584 g/mol. The van der Waals surface area contributed by atoms with E-state index in [0.717, 1.165) is 37.7 Å². The number of aromatic amines is 1. The van der Waals surface area contributed by atoms with E-state index in [0.29, 0.717) is 24.2 Å². The van der Waals surface area contributed by atoms with Gasteiger partial charge in [-0.25, -0.2) is 0 Å². The van der Waals surface area contributed by atoms with Gasteiger partial charge in [-0.2, -0.15) is 0 Å². The zero-order chi connectivity index (χ0) is 29.8. The van der Waals surface area contributed by atoms with Crippen LogP contribution in [0.1, 0.15) is 101 Å². The number of epoxide rings is 1. The summed E-state index contributed by atoms with van der Waals surface area (Å²) in [5.74, 6) is 1.68. The van der Waals surface area contributed by atoms with Gasteiger partial charge in [0.25, 0.3) is 0 Å². The van der Waals surface area contributed by atoms with E-state index in [1.165, 1.54) is 33.3 Å². The molecule has 0 radical (unpaired) electrons. The highest BCUT2D eigenvalue weighted by Gasteiger charge is 2.86. The van der Waals surface area contributed by atoms with E-state index in [-0.39, 0.29) is 29.1 Å². The molecule has 3 N–H and O–H groups in total. The standard InChI is InChI=1S/C37H45NO5/c1-16(2)29-28(39)32-37(43-32)23(41-29)11-12-34(6)35(7)20(10-13-36(34,37)40)30-27-26-22(38-31(27)35)9-8-18-14-17(3)19-15-21(25(19)24(18)26)33(4,5)42-30/h8-9,19-21,23,25,28-30,32,38-40H,1,3,10-15H2,2,4-7H3/t19-,20+,21+,23-,25+,28+,29+,30+,32+,34+,35+,36+,37-/m1/s1. The molecule has 1 aromatic carbocycles. The number of allylic oxidation sites excluding steroid dienone is 1. The predicted octanol–water partition coefficient (Wildman–Crippen LogP) is 5.90. The number of rotatable bonds is 1. The van der Waals surface area contributed by atoms with Crippen LogP contribution in [0.2, 0.25) is 0 Å². The summed E-state index contributed by atoms with van der Waals surface area (Å²) in [6.45, 7) is 19.9. The minimum atomic E-state index is -1.15. The molecule has 0 amide bonds. The molecule has 228 valence electrons. The second-order valence-electron chi connectivity index (χ2n) is 16.7.